The highest BCUT2D eigenvalue weighted by Gasteiger charge is 2.28. The van der Waals surface area contributed by atoms with Gasteiger partial charge >= 0.3 is 0 Å². The fourth-order valence-electron chi connectivity index (χ4n) is 4.16. The van der Waals surface area contributed by atoms with Gasteiger partial charge in [0.1, 0.15) is 0 Å². The summed E-state index contributed by atoms with van der Waals surface area (Å²) < 4.78 is 54.7. The first-order chi connectivity index (χ1) is 14.8. The van der Waals surface area contributed by atoms with Crippen molar-refractivity contribution in [3.63, 3.8) is 0 Å². The molecule has 1 amide bonds. The number of nitrogens with one attached hydrogen (secondary N) is 1. The molecule has 0 spiro atoms. The summed E-state index contributed by atoms with van der Waals surface area (Å²) >= 11 is 0. The van der Waals surface area contributed by atoms with Gasteiger partial charge in [-0.2, -0.15) is 4.31 Å². The highest BCUT2D eigenvalue weighted by Crippen LogP contribution is 2.21. The number of halogens is 2. The van der Waals surface area contributed by atoms with Gasteiger partial charge in [0, 0.05) is 58.3 Å². The van der Waals surface area contributed by atoms with Crippen LogP contribution in [0.25, 0.3) is 0 Å². The van der Waals surface area contributed by atoms with Gasteiger partial charge in [-0.3, -0.25) is 9.69 Å². The van der Waals surface area contributed by atoms with Crippen molar-refractivity contribution < 1.29 is 22.0 Å². The lowest BCUT2D eigenvalue weighted by Crippen LogP contribution is -2.48. The van der Waals surface area contributed by atoms with Crippen molar-refractivity contribution in [2.75, 3.05) is 52.4 Å². The summed E-state index contributed by atoms with van der Waals surface area (Å²) in [5.41, 5.74) is 0. The minimum absolute atomic E-state index is 0.00626. The predicted octanol–water partition coefficient (Wildman–Crippen LogP) is 1.65. The Morgan fingerprint density at radius 2 is 1.87 bits per heavy atom. The van der Waals surface area contributed by atoms with Crippen LogP contribution in [0.2, 0.25) is 0 Å². The number of likely N-dealkylation sites (tertiary alicyclic amines) is 1. The van der Waals surface area contributed by atoms with Crippen LogP contribution in [0.3, 0.4) is 0 Å². The standard InChI is InChI=1S/C21H32F2N4O3S/c1-17-4-2-3-10-25(17)14-15-27(11-7-21(28)26-12-8-24-9-13-26)31(29,30)18-5-6-19(22)20(23)16-18/h5-6,16-17,24H,2-4,7-15H2,1H3. The summed E-state index contributed by atoms with van der Waals surface area (Å²) in [6.45, 7) is 6.39. The van der Waals surface area contributed by atoms with E-state index in [0.717, 1.165) is 51.0 Å². The van der Waals surface area contributed by atoms with Gasteiger partial charge in [-0.25, -0.2) is 17.2 Å². The monoisotopic (exact) mass is 458 g/mol. The van der Waals surface area contributed by atoms with Gasteiger partial charge in [0.2, 0.25) is 15.9 Å². The van der Waals surface area contributed by atoms with Crippen molar-refractivity contribution in [1.82, 2.24) is 19.4 Å². The number of amides is 1. The predicted molar refractivity (Wildman–Crippen MR) is 114 cm³/mol. The summed E-state index contributed by atoms with van der Waals surface area (Å²) in [6, 6.07) is 2.96. The normalized spacial score (nSPS) is 20.9. The van der Waals surface area contributed by atoms with Crippen LogP contribution in [0.15, 0.2) is 23.1 Å². The maximum atomic E-state index is 13.7. The fourth-order valence-corrected chi connectivity index (χ4v) is 5.61. The van der Waals surface area contributed by atoms with E-state index in [1.165, 1.54) is 4.31 Å². The summed E-state index contributed by atoms with van der Waals surface area (Å²) in [6.07, 6.45) is 3.35. The maximum Gasteiger partial charge on any atom is 0.243 e. The van der Waals surface area contributed by atoms with Crippen LogP contribution in [0.5, 0.6) is 0 Å². The zero-order valence-electron chi connectivity index (χ0n) is 18.0. The molecule has 0 bridgehead atoms. The SMILES string of the molecule is CC1CCCCN1CCN(CCC(=O)N1CCNCC1)S(=O)(=O)c1ccc(F)c(F)c1. The van der Waals surface area contributed by atoms with Gasteiger partial charge in [-0.05, 0) is 44.5 Å². The van der Waals surface area contributed by atoms with Crippen LogP contribution in [-0.4, -0.2) is 86.8 Å². The van der Waals surface area contributed by atoms with Crippen LogP contribution in [0.1, 0.15) is 32.6 Å². The molecular formula is C21H32F2N4O3S. The van der Waals surface area contributed by atoms with Crippen molar-refractivity contribution in [3.05, 3.63) is 29.8 Å². The second-order valence-electron chi connectivity index (χ2n) is 8.24. The first kappa shape index (κ1) is 24.0. The molecule has 7 nitrogen and oxygen atoms in total. The highest BCUT2D eigenvalue weighted by molar-refractivity contribution is 7.89. The zero-order chi connectivity index (χ0) is 22.4. The second-order valence-corrected chi connectivity index (χ2v) is 10.2. The second kappa shape index (κ2) is 10.8. The van der Waals surface area contributed by atoms with Gasteiger partial charge in [0.25, 0.3) is 0 Å². The largest absolute Gasteiger partial charge is 0.340 e. The van der Waals surface area contributed by atoms with E-state index in [1.807, 2.05) is 0 Å². The number of piperazine rings is 1. The van der Waals surface area contributed by atoms with E-state index in [0.29, 0.717) is 31.7 Å². The van der Waals surface area contributed by atoms with Crippen LogP contribution in [0, 0.1) is 11.6 Å². The van der Waals surface area contributed by atoms with E-state index < -0.39 is 21.7 Å². The van der Waals surface area contributed by atoms with Gasteiger partial charge in [0.15, 0.2) is 11.6 Å². The molecule has 2 aliphatic rings. The maximum absolute atomic E-state index is 13.7. The Morgan fingerprint density at radius 3 is 2.55 bits per heavy atom. The Bertz CT molecular complexity index is 862. The first-order valence-corrected chi connectivity index (χ1v) is 12.4. The van der Waals surface area contributed by atoms with Crippen LogP contribution < -0.4 is 5.32 Å². The number of hydrogen-bond donors (Lipinski definition) is 1. The molecule has 1 N–H and O–H groups in total. The van der Waals surface area contributed by atoms with Crippen molar-refractivity contribution >= 4 is 15.9 Å². The lowest BCUT2D eigenvalue weighted by atomic mass is 10.0. The molecule has 2 aliphatic heterocycles. The average molecular weight is 459 g/mol. The third-order valence-corrected chi connectivity index (χ3v) is 8.05. The quantitative estimate of drug-likeness (QED) is 0.642. The van der Waals surface area contributed by atoms with Gasteiger partial charge in [0.05, 0.1) is 4.90 Å². The topological polar surface area (TPSA) is 73.0 Å². The van der Waals surface area contributed by atoms with Crippen molar-refractivity contribution in [2.24, 2.45) is 0 Å². The molecule has 1 unspecified atom stereocenters. The molecule has 0 aromatic heterocycles. The summed E-state index contributed by atoms with van der Waals surface area (Å²) in [4.78, 5) is 16.3. The van der Waals surface area contributed by atoms with E-state index >= 15 is 0 Å². The summed E-state index contributed by atoms with van der Waals surface area (Å²) in [5, 5.41) is 3.18. The Hall–Kier alpha value is -1.62. The molecule has 2 fully saturated rings. The number of benzene rings is 1. The molecule has 0 radical (unpaired) electrons. The summed E-state index contributed by atoms with van der Waals surface area (Å²) in [7, 11) is -4.07. The van der Waals surface area contributed by atoms with E-state index in [2.05, 4.69) is 17.1 Å². The third-order valence-electron chi connectivity index (χ3n) is 6.15. The lowest BCUT2D eigenvalue weighted by molar-refractivity contribution is -0.131. The third kappa shape index (κ3) is 6.21. The Morgan fingerprint density at radius 1 is 1.13 bits per heavy atom. The molecule has 1 aromatic carbocycles. The number of sulfonamides is 1. The van der Waals surface area contributed by atoms with Crippen LogP contribution in [0.4, 0.5) is 8.78 Å². The number of piperidine rings is 1. The first-order valence-electron chi connectivity index (χ1n) is 11.0. The number of nitrogens with zero attached hydrogens (tertiary/aromatic N) is 3. The Kier molecular flexibility index (Phi) is 8.37. The van der Waals surface area contributed by atoms with E-state index in [4.69, 9.17) is 0 Å². The van der Waals surface area contributed by atoms with Crippen molar-refractivity contribution in [2.45, 2.75) is 43.5 Å². The van der Waals surface area contributed by atoms with Gasteiger partial charge in [-0.1, -0.05) is 6.42 Å². The molecule has 2 heterocycles. The molecule has 0 saturated carbocycles. The lowest BCUT2D eigenvalue weighted by Gasteiger charge is -2.35. The molecule has 10 heteroatoms. The van der Waals surface area contributed by atoms with E-state index in [1.54, 1.807) is 4.90 Å². The number of hydrogen-bond acceptors (Lipinski definition) is 5. The molecule has 2 saturated heterocycles. The molecule has 31 heavy (non-hydrogen) atoms. The highest BCUT2D eigenvalue weighted by atomic mass is 32.2. The number of carbonyl (C=O) groups is 1. The van der Waals surface area contributed by atoms with Gasteiger partial charge < -0.3 is 10.2 Å². The summed E-state index contributed by atoms with van der Waals surface area (Å²) in [5.74, 6) is -2.40. The Balaban J connectivity index is 1.73. The number of carbonyl (C=O) groups excluding carboxylic acids is 1. The molecule has 0 aliphatic carbocycles. The van der Waals surface area contributed by atoms with Gasteiger partial charge in [-0.15, -0.1) is 0 Å². The fraction of sp³-hybridized carbons (Fsp3) is 0.667. The van der Waals surface area contributed by atoms with Crippen molar-refractivity contribution in [1.29, 1.82) is 0 Å². The van der Waals surface area contributed by atoms with Crippen molar-refractivity contribution in [3.8, 4) is 0 Å². The van der Waals surface area contributed by atoms with E-state index in [9.17, 15) is 22.0 Å². The molecule has 1 atom stereocenters. The minimum atomic E-state index is -4.07. The van der Waals surface area contributed by atoms with Crippen LogP contribution in [-0.2, 0) is 14.8 Å². The van der Waals surface area contributed by atoms with E-state index in [-0.39, 0.29) is 30.3 Å². The minimum Gasteiger partial charge on any atom is -0.340 e. The molecule has 3 rings (SSSR count). The molecular weight excluding hydrogens is 426 g/mol. The smallest absolute Gasteiger partial charge is 0.243 e. The zero-order valence-corrected chi connectivity index (χ0v) is 18.8. The Labute approximate surface area is 183 Å². The molecule has 174 valence electrons. The molecule has 1 aromatic rings. The average Bonchev–Trinajstić information content (AvgIpc) is 2.77. The number of rotatable bonds is 8. The van der Waals surface area contributed by atoms with Crippen LogP contribution >= 0.6 is 0 Å².